The van der Waals surface area contributed by atoms with Gasteiger partial charge in [-0.1, -0.05) is 31.2 Å². The van der Waals surface area contributed by atoms with E-state index in [0.717, 1.165) is 11.1 Å². The van der Waals surface area contributed by atoms with Crippen LogP contribution < -0.4 is 16.4 Å². The minimum Gasteiger partial charge on any atom is -0.508 e. The van der Waals surface area contributed by atoms with Crippen molar-refractivity contribution >= 4 is 29.5 Å². The first-order valence-electron chi connectivity index (χ1n) is 13.8. The molecule has 0 aliphatic rings. The minimum atomic E-state index is -1.19. The number of alkyl carbamates (subject to hydrolysis) is 1. The number of nitrogens with two attached hydrogens (primary N) is 1. The number of rotatable bonds is 11. The van der Waals surface area contributed by atoms with Crippen molar-refractivity contribution < 1.29 is 29.0 Å². The highest BCUT2D eigenvalue weighted by Gasteiger charge is 2.39. The van der Waals surface area contributed by atoms with Crippen LogP contribution in [0, 0.1) is 20.8 Å². The number of hydrogen-bond donors (Lipinski definition) is 4. The summed E-state index contributed by atoms with van der Waals surface area (Å²) in [6.07, 6.45) is -0.593. The number of hydrogen-bond acceptors (Lipinski definition) is 6. The maximum absolute atomic E-state index is 14.3. The molecule has 0 spiro atoms. The van der Waals surface area contributed by atoms with Crippen LogP contribution in [0.4, 0.5) is 10.5 Å². The maximum atomic E-state index is 14.3. The van der Waals surface area contributed by atoms with Gasteiger partial charge < -0.3 is 31.1 Å². The monoisotopic (exact) mass is 568 g/mol. The first kappa shape index (κ1) is 33.1. The van der Waals surface area contributed by atoms with Crippen molar-refractivity contribution in [2.75, 3.05) is 5.32 Å². The van der Waals surface area contributed by atoms with Crippen molar-refractivity contribution in [2.45, 2.75) is 98.4 Å². The fourth-order valence-electron chi connectivity index (χ4n) is 4.46. The van der Waals surface area contributed by atoms with Crippen LogP contribution in [0.3, 0.4) is 0 Å². The Morgan fingerprint density at radius 2 is 1.63 bits per heavy atom. The van der Waals surface area contributed by atoms with Gasteiger partial charge in [-0.3, -0.25) is 14.4 Å². The lowest BCUT2D eigenvalue weighted by Gasteiger charge is -2.38. The molecule has 224 valence electrons. The SMILES string of the molecule is CCC(C)N(C(=O)C(CCC(N)=O)NC(=O)OC(C)(C)C)C(C(=O)Nc1c(C)cccc1C)c1ccc(O)c(C)c1. The second kappa shape index (κ2) is 14.0. The number of anilines is 1. The molecule has 0 heterocycles. The van der Waals surface area contributed by atoms with Crippen LogP contribution in [0.5, 0.6) is 5.75 Å². The summed E-state index contributed by atoms with van der Waals surface area (Å²) < 4.78 is 5.37. The number of carbonyl (C=O) groups is 4. The third kappa shape index (κ3) is 9.23. The van der Waals surface area contributed by atoms with Crippen molar-refractivity contribution in [3.8, 4) is 5.75 Å². The van der Waals surface area contributed by atoms with E-state index in [0.29, 0.717) is 23.2 Å². The summed E-state index contributed by atoms with van der Waals surface area (Å²) in [7, 11) is 0. The van der Waals surface area contributed by atoms with Gasteiger partial charge >= 0.3 is 6.09 Å². The molecule has 0 fully saturated rings. The van der Waals surface area contributed by atoms with Gasteiger partial charge in [-0.25, -0.2) is 4.79 Å². The largest absolute Gasteiger partial charge is 0.508 e. The number of aryl methyl sites for hydroxylation is 3. The van der Waals surface area contributed by atoms with Gasteiger partial charge in [-0.2, -0.15) is 0 Å². The van der Waals surface area contributed by atoms with E-state index in [-0.39, 0.29) is 18.6 Å². The zero-order chi connectivity index (χ0) is 31.1. The molecule has 2 aromatic rings. The number of phenols is 1. The Labute approximate surface area is 242 Å². The average Bonchev–Trinajstić information content (AvgIpc) is 2.87. The van der Waals surface area contributed by atoms with Crippen LogP contribution >= 0.6 is 0 Å². The molecule has 0 saturated carbocycles. The molecule has 0 saturated heterocycles. The predicted molar refractivity (Wildman–Crippen MR) is 158 cm³/mol. The summed E-state index contributed by atoms with van der Waals surface area (Å²) >= 11 is 0. The molecule has 41 heavy (non-hydrogen) atoms. The summed E-state index contributed by atoms with van der Waals surface area (Å²) in [4.78, 5) is 54.2. The molecule has 5 N–H and O–H groups in total. The van der Waals surface area contributed by atoms with Gasteiger partial charge in [-0.05, 0) is 95.7 Å². The van der Waals surface area contributed by atoms with Gasteiger partial charge in [0.05, 0.1) is 0 Å². The van der Waals surface area contributed by atoms with Crippen LogP contribution in [0.15, 0.2) is 36.4 Å². The molecule has 10 heteroatoms. The normalized spacial score (nSPS) is 13.5. The van der Waals surface area contributed by atoms with Gasteiger partial charge in [-0.15, -0.1) is 0 Å². The Hall–Kier alpha value is -4.08. The van der Waals surface area contributed by atoms with E-state index in [4.69, 9.17) is 10.5 Å². The average molecular weight is 569 g/mol. The number of benzene rings is 2. The molecule has 0 bridgehead atoms. The van der Waals surface area contributed by atoms with Crippen molar-refractivity contribution in [3.05, 3.63) is 58.7 Å². The summed E-state index contributed by atoms with van der Waals surface area (Å²) in [5.74, 6) is -1.62. The van der Waals surface area contributed by atoms with E-state index in [9.17, 15) is 24.3 Å². The lowest BCUT2D eigenvalue weighted by atomic mass is 9.97. The van der Waals surface area contributed by atoms with Crippen molar-refractivity contribution in [1.29, 1.82) is 0 Å². The maximum Gasteiger partial charge on any atom is 0.408 e. The number of nitrogens with zero attached hydrogens (tertiary/aromatic N) is 1. The number of ether oxygens (including phenoxy) is 1. The van der Waals surface area contributed by atoms with Gasteiger partial charge in [0.1, 0.15) is 23.4 Å². The van der Waals surface area contributed by atoms with Gasteiger partial charge in [0.25, 0.3) is 5.91 Å². The number of para-hydroxylation sites is 1. The lowest BCUT2D eigenvalue weighted by Crippen LogP contribution is -2.55. The quantitative estimate of drug-likeness (QED) is 0.306. The number of primary amides is 1. The molecule has 2 rings (SSSR count). The van der Waals surface area contributed by atoms with Gasteiger partial charge in [0, 0.05) is 18.2 Å². The van der Waals surface area contributed by atoms with Crippen LogP contribution in [-0.4, -0.2) is 51.5 Å². The Balaban J connectivity index is 2.65. The molecule has 0 aliphatic heterocycles. The third-order valence-electron chi connectivity index (χ3n) is 6.78. The van der Waals surface area contributed by atoms with E-state index in [1.807, 2.05) is 45.9 Å². The van der Waals surface area contributed by atoms with Gasteiger partial charge in [0.15, 0.2) is 0 Å². The third-order valence-corrected chi connectivity index (χ3v) is 6.78. The predicted octanol–water partition coefficient (Wildman–Crippen LogP) is 4.78. The highest BCUT2D eigenvalue weighted by atomic mass is 16.6. The fourth-order valence-corrected chi connectivity index (χ4v) is 4.46. The van der Waals surface area contributed by atoms with Gasteiger partial charge in [0.2, 0.25) is 11.8 Å². The molecule has 3 atom stereocenters. The Kier molecular flexibility index (Phi) is 11.3. The number of carbonyl (C=O) groups excluding carboxylic acids is 4. The number of phenolic OH excluding ortho intramolecular Hbond substituents is 1. The van der Waals surface area contributed by atoms with E-state index in [1.165, 1.54) is 11.0 Å². The topological polar surface area (TPSA) is 151 Å². The molecule has 4 amide bonds. The first-order chi connectivity index (χ1) is 19.0. The zero-order valence-electron chi connectivity index (χ0n) is 25.3. The zero-order valence-corrected chi connectivity index (χ0v) is 25.3. The Morgan fingerprint density at radius 1 is 1.02 bits per heavy atom. The minimum absolute atomic E-state index is 0.0509. The summed E-state index contributed by atoms with van der Waals surface area (Å²) in [6.45, 7) is 14.2. The highest BCUT2D eigenvalue weighted by molar-refractivity contribution is 6.00. The summed E-state index contributed by atoms with van der Waals surface area (Å²) in [5.41, 5.74) is 7.90. The van der Waals surface area contributed by atoms with Crippen molar-refractivity contribution in [1.82, 2.24) is 10.2 Å². The summed E-state index contributed by atoms with van der Waals surface area (Å²) in [6, 6.07) is 7.60. The summed E-state index contributed by atoms with van der Waals surface area (Å²) in [5, 5.41) is 15.8. The Morgan fingerprint density at radius 3 is 2.15 bits per heavy atom. The van der Waals surface area contributed by atoms with E-state index < -0.39 is 47.5 Å². The molecule has 2 aromatic carbocycles. The smallest absolute Gasteiger partial charge is 0.408 e. The molecule has 10 nitrogen and oxygen atoms in total. The number of aromatic hydroxyl groups is 1. The standard InChI is InChI=1S/C31H44N4O6/c1-9-21(5)35(29(39)23(14-16-25(32)37)33-30(40)41-31(6,7)8)27(22-13-15-24(36)20(4)17-22)28(38)34-26-18(2)11-10-12-19(26)3/h10-13,15,17,21,23,27,36H,9,14,16H2,1-8H3,(H2,32,37)(H,33,40)(H,34,38). The molecule has 0 aliphatic carbocycles. The van der Waals surface area contributed by atoms with E-state index >= 15 is 0 Å². The molecular weight excluding hydrogens is 524 g/mol. The fraction of sp³-hybridized carbons (Fsp3) is 0.484. The van der Waals surface area contributed by atoms with Crippen LogP contribution in [-0.2, 0) is 19.1 Å². The number of amides is 4. The lowest BCUT2D eigenvalue weighted by molar-refractivity contribution is -0.143. The first-order valence-corrected chi connectivity index (χ1v) is 13.8. The molecular formula is C31H44N4O6. The molecule has 3 unspecified atom stereocenters. The molecule has 0 radical (unpaired) electrons. The van der Waals surface area contributed by atoms with Crippen LogP contribution in [0.2, 0.25) is 0 Å². The van der Waals surface area contributed by atoms with Crippen molar-refractivity contribution in [2.24, 2.45) is 5.73 Å². The number of nitrogens with one attached hydrogen (secondary N) is 2. The second-order valence-electron chi connectivity index (χ2n) is 11.4. The van der Waals surface area contributed by atoms with Crippen molar-refractivity contribution in [3.63, 3.8) is 0 Å². The van der Waals surface area contributed by atoms with E-state index in [2.05, 4.69) is 10.6 Å². The Bertz CT molecular complexity index is 1250. The van der Waals surface area contributed by atoms with Crippen LogP contribution in [0.1, 0.15) is 82.2 Å². The second-order valence-corrected chi connectivity index (χ2v) is 11.4. The van der Waals surface area contributed by atoms with E-state index in [1.54, 1.807) is 39.8 Å². The molecule has 0 aromatic heterocycles. The van der Waals surface area contributed by atoms with Crippen LogP contribution in [0.25, 0.3) is 0 Å². The highest BCUT2D eigenvalue weighted by Crippen LogP contribution is 2.31.